The standard InChI is InChI=1S/C23H25N3O/c1-3-4-8-15-26-22(18-13-11-16(2)12-14-18)19-20(17-9-6-5-7-10-17)24-25-21(19)23(26)27/h5-7,9-14,22H,3-4,8,15H2,1-2H3,(H,24,25). The van der Waals surface area contributed by atoms with Gasteiger partial charge in [0.05, 0.1) is 11.7 Å². The minimum atomic E-state index is -0.0843. The topological polar surface area (TPSA) is 49.0 Å². The smallest absolute Gasteiger partial charge is 0.273 e. The van der Waals surface area contributed by atoms with Gasteiger partial charge in [0, 0.05) is 17.7 Å². The third kappa shape index (κ3) is 3.16. The summed E-state index contributed by atoms with van der Waals surface area (Å²) in [7, 11) is 0. The molecule has 0 radical (unpaired) electrons. The molecule has 4 nitrogen and oxygen atoms in total. The molecule has 0 fully saturated rings. The van der Waals surface area contributed by atoms with Crippen LogP contribution in [0.1, 0.15) is 59.4 Å². The largest absolute Gasteiger partial charge is 0.326 e. The highest BCUT2D eigenvalue weighted by molar-refractivity contribution is 6.00. The van der Waals surface area contributed by atoms with Gasteiger partial charge in [-0.3, -0.25) is 9.89 Å². The van der Waals surface area contributed by atoms with Crippen LogP contribution in [0.4, 0.5) is 0 Å². The Morgan fingerprint density at radius 1 is 1.04 bits per heavy atom. The van der Waals surface area contributed by atoms with Crippen molar-refractivity contribution in [2.45, 2.75) is 39.2 Å². The van der Waals surface area contributed by atoms with Gasteiger partial charge in [-0.1, -0.05) is 79.9 Å². The number of hydrogen-bond acceptors (Lipinski definition) is 2. The summed E-state index contributed by atoms with van der Waals surface area (Å²) < 4.78 is 0. The van der Waals surface area contributed by atoms with E-state index >= 15 is 0 Å². The van der Waals surface area contributed by atoms with Gasteiger partial charge in [-0.05, 0) is 18.9 Å². The molecule has 1 N–H and O–H groups in total. The molecule has 0 spiro atoms. The number of benzene rings is 2. The Labute approximate surface area is 160 Å². The van der Waals surface area contributed by atoms with Crippen LogP contribution in [0.15, 0.2) is 54.6 Å². The Balaban J connectivity index is 1.81. The number of aromatic nitrogens is 2. The number of nitrogens with zero attached hydrogens (tertiary/aromatic N) is 2. The van der Waals surface area contributed by atoms with Gasteiger partial charge in [0.1, 0.15) is 5.69 Å². The number of hydrogen-bond donors (Lipinski definition) is 1. The second-order valence-electron chi connectivity index (χ2n) is 7.25. The van der Waals surface area contributed by atoms with Crippen LogP contribution in [0.3, 0.4) is 0 Å². The van der Waals surface area contributed by atoms with Crippen LogP contribution in [0.5, 0.6) is 0 Å². The maximum atomic E-state index is 13.1. The van der Waals surface area contributed by atoms with Crippen LogP contribution < -0.4 is 0 Å². The molecule has 1 amide bonds. The lowest BCUT2D eigenvalue weighted by Gasteiger charge is -2.26. The van der Waals surface area contributed by atoms with Gasteiger partial charge in [-0.15, -0.1) is 0 Å². The molecule has 3 aromatic rings. The van der Waals surface area contributed by atoms with Gasteiger partial charge >= 0.3 is 0 Å². The Morgan fingerprint density at radius 3 is 2.48 bits per heavy atom. The number of amides is 1. The van der Waals surface area contributed by atoms with Crippen molar-refractivity contribution in [3.8, 4) is 11.3 Å². The summed E-state index contributed by atoms with van der Waals surface area (Å²) in [6.07, 6.45) is 3.28. The number of carbonyl (C=O) groups excluding carboxylic acids is 1. The van der Waals surface area contributed by atoms with Gasteiger partial charge < -0.3 is 4.90 Å². The van der Waals surface area contributed by atoms with E-state index in [4.69, 9.17) is 0 Å². The molecule has 138 valence electrons. The molecule has 0 aliphatic carbocycles. The number of aryl methyl sites for hydroxylation is 1. The first-order valence-corrected chi connectivity index (χ1v) is 9.72. The quantitative estimate of drug-likeness (QED) is 0.621. The lowest BCUT2D eigenvalue weighted by molar-refractivity contribution is 0.0740. The third-order valence-corrected chi connectivity index (χ3v) is 5.31. The van der Waals surface area contributed by atoms with Gasteiger partial charge in [-0.2, -0.15) is 5.10 Å². The molecule has 0 bridgehead atoms. The van der Waals surface area contributed by atoms with Crippen molar-refractivity contribution in [3.63, 3.8) is 0 Å². The highest BCUT2D eigenvalue weighted by Crippen LogP contribution is 2.42. The van der Waals surface area contributed by atoms with Gasteiger partial charge in [0.25, 0.3) is 5.91 Å². The van der Waals surface area contributed by atoms with E-state index in [0.717, 1.165) is 48.2 Å². The van der Waals surface area contributed by atoms with E-state index in [-0.39, 0.29) is 11.9 Å². The second kappa shape index (κ2) is 7.39. The fraction of sp³-hybridized carbons (Fsp3) is 0.304. The number of rotatable bonds is 6. The molecule has 0 saturated carbocycles. The fourth-order valence-electron chi connectivity index (χ4n) is 3.87. The Morgan fingerprint density at radius 2 is 1.78 bits per heavy atom. The summed E-state index contributed by atoms with van der Waals surface area (Å²) in [5.74, 6) is 0.0568. The summed E-state index contributed by atoms with van der Waals surface area (Å²) in [4.78, 5) is 15.2. The first-order chi connectivity index (χ1) is 13.2. The molecule has 1 atom stereocenters. The normalized spacial score (nSPS) is 16.0. The number of aromatic amines is 1. The molecule has 1 aliphatic heterocycles. The SMILES string of the molecule is CCCCCN1C(=O)c2[nH]nc(-c3ccccc3)c2C1c1ccc(C)cc1. The van der Waals surface area contributed by atoms with Gasteiger partial charge in [0.15, 0.2) is 0 Å². The van der Waals surface area contributed by atoms with Crippen molar-refractivity contribution in [1.82, 2.24) is 15.1 Å². The van der Waals surface area contributed by atoms with Crippen LogP contribution >= 0.6 is 0 Å². The fourth-order valence-corrected chi connectivity index (χ4v) is 3.87. The van der Waals surface area contributed by atoms with Gasteiger partial charge in [0.2, 0.25) is 0 Å². The third-order valence-electron chi connectivity index (χ3n) is 5.31. The molecule has 0 saturated heterocycles. The lowest BCUT2D eigenvalue weighted by Crippen LogP contribution is -2.30. The summed E-state index contributed by atoms with van der Waals surface area (Å²) in [6.45, 7) is 5.03. The predicted octanol–water partition coefficient (Wildman–Crippen LogP) is 5.12. The molecule has 27 heavy (non-hydrogen) atoms. The van der Waals surface area contributed by atoms with E-state index in [1.807, 2.05) is 35.2 Å². The summed E-state index contributed by atoms with van der Waals surface area (Å²) in [5, 5.41) is 7.53. The van der Waals surface area contributed by atoms with E-state index in [2.05, 4.69) is 48.3 Å². The number of nitrogens with one attached hydrogen (secondary N) is 1. The summed E-state index contributed by atoms with van der Waals surface area (Å²) >= 11 is 0. The van der Waals surface area contributed by atoms with Crippen LogP contribution in [-0.4, -0.2) is 27.5 Å². The molecule has 1 aromatic heterocycles. The number of H-pyrrole nitrogens is 1. The molecule has 4 rings (SSSR count). The van der Waals surface area contributed by atoms with Crippen LogP contribution in [0.2, 0.25) is 0 Å². The predicted molar refractivity (Wildman–Crippen MR) is 108 cm³/mol. The minimum Gasteiger partial charge on any atom is -0.326 e. The monoisotopic (exact) mass is 359 g/mol. The molecule has 2 heterocycles. The number of unbranched alkanes of at least 4 members (excludes halogenated alkanes) is 2. The zero-order valence-corrected chi connectivity index (χ0v) is 15.9. The molecule has 4 heteroatoms. The Kier molecular flexibility index (Phi) is 4.80. The Bertz CT molecular complexity index is 928. The summed E-state index contributed by atoms with van der Waals surface area (Å²) in [6, 6.07) is 18.5. The minimum absolute atomic E-state index is 0.0568. The first kappa shape index (κ1) is 17.5. The van der Waals surface area contributed by atoms with Crippen molar-refractivity contribution in [2.75, 3.05) is 6.54 Å². The molecule has 1 aliphatic rings. The highest BCUT2D eigenvalue weighted by Gasteiger charge is 2.41. The van der Waals surface area contributed by atoms with Crippen molar-refractivity contribution in [2.24, 2.45) is 0 Å². The van der Waals surface area contributed by atoms with E-state index in [9.17, 15) is 4.79 Å². The van der Waals surface area contributed by atoms with Crippen molar-refractivity contribution < 1.29 is 4.79 Å². The lowest BCUT2D eigenvalue weighted by atomic mass is 9.95. The molecule has 1 unspecified atom stereocenters. The van der Waals surface area contributed by atoms with Crippen LogP contribution in [-0.2, 0) is 0 Å². The number of fused-ring (bicyclic) bond motifs is 1. The Hall–Kier alpha value is -2.88. The highest BCUT2D eigenvalue weighted by atomic mass is 16.2. The molecular formula is C23H25N3O. The van der Waals surface area contributed by atoms with Gasteiger partial charge in [-0.25, -0.2) is 0 Å². The van der Waals surface area contributed by atoms with Crippen molar-refractivity contribution >= 4 is 5.91 Å². The maximum Gasteiger partial charge on any atom is 0.273 e. The molecule has 2 aromatic carbocycles. The average molecular weight is 359 g/mol. The number of carbonyl (C=O) groups is 1. The zero-order valence-electron chi connectivity index (χ0n) is 15.9. The maximum absolute atomic E-state index is 13.1. The van der Waals surface area contributed by atoms with E-state index < -0.39 is 0 Å². The average Bonchev–Trinajstić information content (AvgIpc) is 3.23. The van der Waals surface area contributed by atoms with Crippen molar-refractivity contribution in [1.29, 1.82) is 0 Å². The second-order valence-corrected chi connectivity index (χ2v) is 7.25. The van der Waals surface area contributed by atoms with Crippen molar-refractivity contribution in [3.05, 3.63) is 77.0 Å². The zero-order chi connectivity index (χ0) is 18.8. The van der Waals surface area contributed by atoms with Crippen LogP contribution in [0.25, 0.3) is 11.3 Å². The van der Waals surface area contributed by atoms with E-state index in [0.29, 0.717) is 5.69 Å². The van der Waals surface area contributed by atoms with E-state index in [1.54, 1.807) is 0 Å². The first-order valence-electron chi connectivity index (χ1n) is 9.72. The van der Waals surface area contributed by atoms with Crippen LogP contribution in [0, 0.1) is 6.92 Å². The molecular weight excluding hydrogens is 334 g/mol. The summed E-state index contributed by atoms with van der Waals surface area (Å²) in [5.41, 5.74) is 5.92. The van der Waals surface area contributed by atoms with E-state index in [1.165, 1.54) is 5.56 Å².